The van der Waals surface area contributed by atoms with Gasteiger partial charge < -0.3 is 14.8 Å². The van der Waals surface area contributed by atoms with E-state index in [0.717, 1.165) is 27.6 Å². The number of ether oxygens (including phenoxy) is 2. The van der Waals surface area contributed by atoms with Crippen LogP contribution in [0.3, 0.4) is 0 Å². The lowest BCUT2D eigenvalue weighted by atomic mass is 10.0. The first-order valence-electron chi connectivity index (χ1n) is 9.33. The van der Waals surface area contributed by atoms with Gasteiger partial charge in [0.25, 0.3) is 5.91 Å². The molecule has 0 aliphatic rings. The maximum absolute atomic E-state index is 12.6. The van der Waals surface area contributed by atoms with Gasteiger partial charge in [-0.05, 0) is 47.5 Å². The number of carbonyl (C=O) groups excluding carboxylic acids is 1. The van der Waals surface area contributed by atoms with Gasteiger partial charge in [0.2, 0.25) is 0 Å². The van der Waals surface area contributed by atoms with E-state index in [1.807, 2.05) is 73.7 Å². The van der Waals surface area contributed by atoms with E-state index in [9.17, 15) is 10.1 Å². The summed E-state index contributed by atoms with van der Waals surface area (Å²) in [5.74, 6) is 0.956. The number of rotatable bonds is 7. The minimum atomic E-state index is -0.432. The van der Waals surface area contributed by atoms with Crippen molar-refractivity contribution >= 4 is 22.8 Å². The molecule has 146 valence electrons. The van der Waals surface area contributed by atoms with E-state index in [1.165, 1.54) is 0 Å². The molecule has 5 nitrogen and oxygen atoms in total. The Kier molecular flexibility index (Phi) is 6.49. The number of methoxy groups -OCH3 is 1. The fourth-order valence-corrected chi connectivity index (χ4v) is 3.02. The second kappa shape index (κ2) is 9.43. The molecule has 0 bridgehead atoms. The van der Waals surface area contributed by atoms with Crippen LogP contribution in [0.2, 0.25) is 0 Å². The van der Waals surface area contributed by atoms with E-state index < -0.39 is 5.91 Å². The molecule has 3 aromatic carbocycles. The van der Waals surface area contributed by atoms with Crippen LogP contribution in [0.25, 0.3) is 16.8 Å². The molecule has 0 aliphatic heterocycles. The number of hydrogen-bond acceptors (Lipinski definition) is 4. The number of benzene rings is 3. The number of fused-ring (bicyclic) bond motifs is 1. The maximum atomic E-state index is 12.6. The van der Waals surface area contributed by atoms with E-state index in [-0.39, 0.29) is 5.57 Å². The van der Waals surface area contributed by atoms with Gasteiger partial charge in [0.15, 0.2) is 0 Å². The van der Waals surface area contributed by atoms with Crippen molar-refractivity contribution in [2.45, 2.75) is 13.5 Å². The lowest BCUT2D eigenvalue weighted by Crippen LogP contribution is -2.23. The first kappa shape index (κ1) is 20.0. The van der Waals surface area contributed by atoms with E-state index >= 15 is 0 Å². The molecule has 0 unspecified atom stereocenters. The molecular weight excluding hydrogens is 364 g/mol. The molecule has 0 aliphatic carbocycles. The predicted molar refractivity (Wildman–Crippen MR) is 114 cm³/mol. The van der Waals surface area contributed by atoms with Crippen molar-refractivity contribution in [1.29, 1.82) is 5.26 Å². The smallest absolute Gasteiger partial charge is 0.262 e. The number of amides is 1. The fraction of sp³-hybridized carbons (Fsp3) is 0.167. The Balaban J connectivity index is 1.87. The van der Waals surface area contributed by atoms with Crippen molar-refractivity contribution in [2.75, 3.05) is 13.7 Å². The Morgan fingerprint density at radius 1 is 1.10 bits per heavy atom. The number of carbonyl (C=O) groups is 1. The van der Waals surface area contributed by atoms with Crippen molar-refractivity contribution in [1.82, 2.24) is 5.32 Å². The Bertz CT molecular complexity index is 1080. The summed E-state index contributed by atoms with van der Waals surface area (Å²) in [5, 5.41) is 14.3. The van der Waals surface area contributed by atoms with Crippen molar-refractivity contribution in [3.63, 3.8) is 0 Å². The zero-order valence-electron chi connectivity index (χ0n) is 16.4. The van der Waals surface area contributed by atoms with Crippen LogP contribution in [0.4, 0.5) is 0 Å². The van der Waals surface area contributed by atoms with Crippen LogP contribution in [0.5, 0.6) is 11.5 Å². The summed E-state index contributed by atoms with van der Waals surface area (Å²) in [6.45, 7) is 2.70. The highest BCUT2D eigenvalue weighted by Crippen LogP contribution is 2.30. The van der Waals surface area contributed by atoms with Crippen molar-refractivity contribution < 1.29 is 14.3 Å². The molecule has 3 rings (SSSR count). The normalized spacial score (nSPS) is 11.0. The van der Waals surface area contributed by atoms with E-state index in [1.54, 1.807) is 13.2 Å². The van der Waals surface area contributed by atoms with Crippen LogP contribution in [0.15, 0.2) is 66.2 Å². The lowest BCUT2D eigenvalue weighted by Gasteiger charge is -2.11. The van der Waals surface area contributed by atoms with E-state index in [4.69, 9.17) is 9.47 Å². The molecule has 0 radical (unpaired) electrons. The average Bonchev–Trinajstić information content (AvgIpc) is 2.77. The zero-order valence-corrected chi connectivity index (χ0v) is 16.4. The summed E-state index contributed by atoms with van der Waals surface area (Å²) < 4.78 is 10.9. The minimum Gasteiger partial charge on any atom is -0.497 e. The van der Waals surface area contributed by atoms with Gasteiger partial charge in [-0.15, -0.1) is 0 Å². The van der Waals surface area contributed by atoms with Crippen LogP contribution in [-0.2, 0) is 11.3 Å². The lowest BCUT2D eigenvalue weighted by molar-refractivity contribution is -0.117. The van der Waals surface area contributed by atoms with Gasteiger partial charge >= 0.3 is 0 Å². The summed E-state index contributed by atoms with van der Waals surface area (Å²) in [6.07, 6.45) is 1.59. The Morgan fingerprint density at radius 2 is 1.86 bits per heavy atom. The van der Waals surface area contributed by atoms with Crippen molar-refractivity contribution in [3.05, 3.63) is 77.4 Å². The molecule has 0 spiro atoms. The van der Waals surface area contributed by atoms with Gasteiger partial charge in [-0.2, -0.15) is 5.26 Å². The maximum Gasteiger partial charge on any atom is 0.262 e. The first-order chi connectivity index (χ1) is 14.2. The second-order valence-electron chi connectivity index (χ2n) is 6.33. The molecule has 0 saturated carbocycles. The topological polar surface area (TPSA) is 71.3 Å². The average molecular weight is 386 g/mol. The van der Waals surface area contributed by atoms with Crippen LogP contribution < -0.4 is 14.8 Å². The van der Waals surface area contributed by atoms with Crippen LogP contribution >= 0.6 is 0 Å². The van der Waals surface area contributed by atoms with Gasteiger partial charge in [0, 0.05) is 12.1 Å². The Morgan fingerprint density at radius 3 is 2.55 bits per heavy atom. The van der Waals surface area contributed by atoms with E-state index in [2.05, 4.69) is 5.32 Å². The molecule has 1 N–H and O–H groups in total. The molecule has 0 aromatic heterocycles. The molecule has 0 heterocycles. The summed E-state index contributed by atoms with van der Waals surface area (Å²) >= 11 is 0. The third kappa shape index (κ3) is 4.74. The molecule has 3 aromatic rings. The van der Waals surface area contributed by atoms with E-state index in [0.29, 0.717) is 18.9 Å². The predicted octanol–water partition coefficient (Wildman–Crippen LogP) is 4.47. The summed E-state index contributed by atoms with van der Waals surface area (Å²) in [4.78, 5) is 12.6. The minimum absolute atomic E-state index is 0.0239. The Hall–Kier alpha value is -3.78. The summed E-state index contributed by atoms with van der Waals surface area (Å²) in [7, 11) is 1.60. The second-order valence-corrected chi connectivity index (χ2v) is 6.33. The standard InChI is InChI=1S/C24H22N2O3/c1-3-29-23-13-10-18-6-4-5-7-21(18)22(23)14-19(15-25)24(27)26-16-17-8-11-20(28-2)12-9-17/h4-14H,3,16H2,1-2H3,(H,26,27)/b19-14-. The molecule has 1 amide bonds. The Labute approximate surface area is 170 Å². The third-order valence-electron chi connectivity index (χ3n) is 4.50. The third-order valence-corrected chi connectivity index (χ3v) is 4.50. The monoisotopic (exact) mass is 386 g/mol. The number of nitrogens with zero attached hydrogens (tertiary/aromatic N) is 1. The molecule has 5 heteroatoms. The van der Waals surface area contributed by atoms with Gasteiger partial charge in [-0.3, -0.25) is 4.79 Å². The van der Waals surface area contributed by atoms with Gasteiger partial charge in [0.05, 0.1) is 13.7 Å². The van der Waals surface area contributed by atoms with Crippen LogP contribution in [0.1, 0.15) is 18.1 Å². The van der Waals surface area contributed by atoms with Gasteiger partial charge in [-0.1, -0.05) is 42.5 Å². The zero-order chi connectivity index (χ0) is 20.6. The fourth-order valence-electron chi connectivity index (χ4n) is 3.02. The highest BCUT2D eigenvalue weighted by Gasteiger charge is 2.13. The molecule has 0 atom stereocenters. The SMILES string of the molecule is CCOc1ccc2ccccc2c1/C=C(/C#N)C(=O)NCc1ccc(OC)cc1. The number of hydrogen-bond donors (Lipinski definition) is 1. The molecule has 29 heavy (non-hydrogen) atoms. The van der Waals surface area contributed by atoms with Gasteiger partial charge in [-0.25, -0.2) is 0 Å². The van der Waals surface area contributed by atoms with Crippen LogP contribution in [-0.4, -0.2) is 19.6 Å². The number of nitriles is 1. The molecule has 0 fully saturated rings. The summed E-state index contributed by atoms with van der Waals surface area (Å²) in [6, 6.07) is 21.0. The van der Waals surface area contributed by atoms with Crippen molar-refractivity contribution in [3.8, 4) is 17.6 Å². The van der Waals surface area contributed by atoms with Crippen LogP contribution in [0, 0.1) is 11.3 Å². The van der Waals surface area contributed by atoms with Crippen molar-refractivity contribution in [2.24, 2.45) is 0 Å². The molecule has 0 saturated heterocycles. The molecular formula is C24H22N2O3. The first-order valence-corrected chi connectivity index (χ1v) is 9.33. The van der Waals surface area contributed by atoms with Gasteiger partial charge in [0.1, 0.15) is 23.1 Å². The largest absolute Gasteiger partial charge is 0.497 e. The highest BCUT2D eigenvalue weighted by molar-refractivity contribution is 6.04. The summed E-state index contributed by atoms with van der Waals surface area (Å²) in [5.41, 5.74) is 1.66. The highest BCUT2D eigenvalue weighted by atomic mass is 16.5. The number of nitrogens with one attached hydrogen (secondary N) is 1. The quantitative estimate of drug-likeness (QED) is 0.480.